The van der Waals surface area contributed by atoms with E-state index in [4.69, 9.17) is 15.9 Å². The van der Waals surface area contributed by atoms with Gasteiger partial charge in [0.2, 0.25) is 0 Å². The van der Waals surface area contributed by atoms with E-state index in [0.29, 0.717) is 18.0 Å². The van der Waals surface area contributed by atoms with Gasteiger partial charge in [0.15, 0.2) is 17.5 Å². The molecule has 0 aliphatic carbocycles. The van der Waals surface area contributed by atoms with Crippen molar-refractivity contribution in [1.82, 2.24) is 10.6 Å². The number of methoxy groups -OCH3 is 1. The van der Waals surface area contributed by atoms with Crippen LogP contribution in [0.4, 0.5) is 0 Å². The van der Waals surface area contributed by atoms with Crippen LogP contribution in [-0.2, 0) is 6.54 Å². The number of guanidine groups is 1. The van der Waals surface area contributed by atoms with Crippen LogP contribution < -0.4 is 20.1 Å². The van der Waals surface area contributed by atoms with Gasteiger partial charge in [-0.05, 0) is 24.1 Å². The monoisotopic (exact) mass is 273 g/mol. The fourth-order valence-electron chi connectivity index (χ4n) is 1.90. The lowest BCUT2D eigenvalue weighted by Crippen LogP contribution is -2.40. The molecule has 0 aromatic heterocycles. The van der Waals surface area contributed by atoms with Gasteiger partial charge in [0.05, 0.1) is 7.11 Å². The first-order valence-electron chi connectivity index (χ1n) is 6.59. The third kappa shape index (κ3) is 3.82. The van der Waals surface area contributed by atoms with Crippen LogP contribution in [0.25, 0.3) is 0 Å². The molecule has 1 aromatic carbocycles. The summed E-state index contributed by atoms with van der Waals surface area (Å²) in [6.07, 6.45) is 6.29. The molecule has 1 aromatic rings. The molecule has 0 atom stereocenters. The van der Waals surface area contributed by atoms with Gasteiger partial charge in [0, 0.05) is 19.6 Å². The van der Waals surface area contributed by atoms with E-state index in [-0.39, 0.29) is 6.61 Å². The van der Waals surface area contributed by atoms with E-state index in [9.17, 15) is 0 Å². The molecule has 106 valence electrons. The zero-order valence-corrected chi connectivity index (χ0v) is 11.6. The minimum absolute atomic E-state index is 0.224. The summed E-state index contributed by atoms with van der Waals surface area (Å²) in [5, 5.41) is 6.48. The maximum Gasteiger partial charge on any atom is 0.191 e. The first-order chi connectivity index (χ1) is 9.83. The number of nitrogens with one attached hydrogen (secondary N) is 2. The normalized spacial score (nSPS) is 13.7. The molecule has 0 saturated heterocycles. The molecule has 2 rings (SSSR count). The van der Waals surface area contributed by atoms with Gasteiger partial charge in [-0.3, -0.25) is 4.99 Å². The molecule has 0 bridgehead atoms. The van der Waals surface area contributed by atoms with Crippen LogP contribution in [0, 0.1) is 12.3 Å². The molecule has 0 saturated carbocycles. The molecule has 1 heterocycles. The van der Waals surface area contributed by atoms with Crippen molar-refractivity contribution in [2.75, 3.05) is 26.8 Å². The van der Waals surface area contributed by atoms with Gasteiger partial charge in [-0.15, -0.1) is 6.42 Å². The zero-order chi connectivity index (χ0) is 14.2. The minimum atomic E-state index is 0.224. The molecule has 5 heteroatoms. The fourth-order valence-corrected chi connectivity index (χ4v) is 1.90. The van der Waals surface area contributed by atoms with Crippen LogP contribution in [0.1, 0.15) is 12.0 Å². The number of aliphatic imine (C=N–C) groups is 1. The average Bonchev–Trinajstić information content (AvgIpc) is 2.52. The molecule has 1 aliphatic heterocycles. The van der Waals surface area contributed by atoms with Crippen molar-refractivity contribution in [3.05, 3.63) is 23.8 Å². The topological polar surface area (TPSA) is 54.9 Å². The molecule has 1 aliphatic rings. The summed E-state index contributed by atoms with van der Waals surface area (Å²) in [4.78, 5) is 4.36. The van der Waals surface area contributed by atoms with Crippen LogP contribution in [0.2, 0.25) is 0 Å². The summed E-state index contributed by atoms with van der Waals surface area (Å²) in [5.74, 6) is 4.63. The predicted molar refractivity (Wildman–Crippen MR) is 79.1 cm³/mol. The quantitative estimate of drug-likeness (QED) is 0.790. The number of terminal acetylenes is 1. The van der Waals surface area contributed by atoms with Crippen molar-refractivity contribution in [2.24, 2.45) is 4.99 Å². The summed E-state index contributed by atoms with van der Waals surface area (Å²) in [6.45, 7) is 2.73. The van der Waals surface area contributed by atoms with Crippen LogP contribution in [-0.4, -0.2) is 32.8 Å². The molecule has 5 nitrogen and oxygen atoms in total. The van der Waals surface area contributed by atoms with Crippen molar-refractivity contribution >= 4 is 5.96 Å². The lowest BCUT2D eigenvalue weighted by Gasteiger charge is -2.16. The zero-order valence-electron chi connectivity index (χ0n) is 11.6. The number of rotatable bonds is 5. The van der Waals surface area contributed by atoms with Crippen molar-refractivity contribution in [2.45, 2.75) is 13.0 Å². The summed E-state index contributed by atoms with van der Waals surface area (Å²) in [6, 6.07) is 5.78. The van der Waals surface area contributed by atoms with E-state index < -0.39 is 0 Å². The number of benzene rings is 1. The van der Waals surface area contributed by atoms with Gasteiger partial charge in [-0.2, -0.15) is 0 Å². The standard InChI is InChI=1S/C15H19N3O2/c1-3-9-20-14-10-12(5-6-13(14)19-2)11-18-15-16-7-4-8-17-15/h1,5-6,10H,4,7-9,11H2,2H3,(H2,16,17,18). The summed E-state index contributed by atoms with van der Waals surface area (Å²) >= 11 is 0. The van der Waals surface area contributed by atoms with Crippen molar-refractivity contribution in [1.29, 1.82) is 0 Å². The Labute approximate surface area is 119 Å². The molecular weight excluding hydrogens is 254 g/mol. The second-order valence-corrected chi connectivity index (χ2v) is 4.34. The van der Waals surface area contributed by atoms with E-state index in [0.717, 1.165) is 31.0 Å². The van der Waals surface area contributed by atoms with Crippen LogP contribution in [0.5, 0.6) is 11.5 Å². The van der Waals surface area contributed by atoms with Crippen molar-refractivity contribution < 1.29 is 9.47 Å². The molecule has 0 radical (unpaired) electrons. The maximum atomic E-state index is 5.47. The Morgan fingerprint density at radius 3 is 3.05 bits per heavy atom. The molecule has 0 unspecified atom stereocenters. The largest absolute Gasteiger partial charge is 0.493 e. The average molecular weight is 273 g/mol. The predicted octanol–water partition coefficient (Wildman–Crippen LogP) is 1.15. The lowest BCUT2D eigenvalue weighted by molar-refractivity contribution is 0.330. The first kappa shape index (κ1) is 14.1. The first-order valence-corrected chi connectivity index (χ1v) is 6.59. The van der Waals surface area contributed by atoms with Crippen molar-refractivity contribution in [3.63, 3.8) is 0 Å². The summed E-state index contributed by atoms with van der Waals surface area (Å²) in [5.41, 5.74) is 1.08. The highest BCUT2D eigenvalue weighted by molar-refractivity contribution is 5.80. The highest BCUT2D eigenvalue weighted by Crippen LogP contribution is 2.27. The Balaban J connectivity index is 2.00. The number of nitrogens with zero attached hydrogens (tertiary/aromatic N) is 1. The number of ether oxygens (including phenoxy) is 2. The molecule has 0 fully saturated rings. The Kier molecular flexibility index (Phi) is 5.13. The van der Waals surface area contributed by atoms with Gasteiger partial charge in [-0.1, -0.05) is 12.0 Å². The third-order valence-electron chi connectivity index (χ3n) is 2.90. The second-order valence-electron chi connectivity index (χ2n) is 4.34. The van der Waals surface area contributed by atoms with Crippen LogP contribution in [0.3, 0.4) is 0 Å². The van der Waals surface area contributed by atoms with E-state index in [1.807, 2.05) is 18.2 Å². The SMILES string of the molecule is C#CCOc1cc(CNC2=NCCCN2)ccc1OC. The van der Waals surface area contributed by atoms with E-state index >= 15 is 0 Å². The lowest BCUT2D eigenvalue weighted by atomic mass is 10.2. The second kappa shape index (κ2) is 7.29. The molecule has 2 N–H and O–H groups in total. The third-order valence-corrected chi connectivity index (χ3v) is 2.90. The van der Waals surface area contributed by atoms with Crippen LogP contribution in [0.15, 0.2) is 23.2 Å². The highest BCUT2D eigenvalue weighted by atomic mass is 16.5. The molecular formula is C15H19N3O2. The molecule has 0 spiro atoms. The van der Waals surface area contributed by atoms with E-state index in [2.05, 4.69) is 21.5 Å². The Bertz CT molecular complexity index is 520. The Hall–Kier alpha value is -2.35. The summed E-state index contributed by atoms with van der Waals surface area (Å²) < 4.78 is 10.7. The van der Waals surface area contributed by atoms with Gasteiger partial charge >= 0.3 is 0 Å². The highest BCUT2D eigenvalue weighted by Gasteiger charge is 2.07. The smallest absolute Gasteiger partial charge is 0.191 e. The van der Waals surface area contributed by atoms with Gasteiger partial charge in [0.1, 0.15) is 6.61 Å². The Morgan fingerprint density at radius 1 is 1.45 bits per heavy atom. The van der Waals surface area contributed by atoms with Crippen molar-refractivity contribution in [3.8, 4) is 23.8 Å². The van der Waals surface area contributed by atoms with Crippen LogP contribution >= 0.6 is 0 Å². The fraction of sp³-hybridized carbons (Fsp3) is 0.400. The van der Waals surface area contributed by atoms with E-state index in [1.54, 1.807) is 7.11 Å². The minimum Gasteiger partial charge on any atom is -0.493 e. The molecule has 0 amide bonds. The van der Waals surface area contributed by atoms with Gasteiger partial charge in [0.25, 0.3) is 0 Å². The molecule has 20 heavy (non-hydrogen) atoms. The number of hydrogen-bond acceptors (Lipinski definition) is 5. The summed E-state index contributed by atoms with van der Waals surface area (Å²) in [7, 11) is 1.61. The van der Waals surface area contributed by atoms with E-state index in [1.165, 1.54) is 0 Å². The number of hydrogen-bond donors (Lipinski definition) is 2. The Morgan fingerprint density at radius 2 is 2.35 bits per heavy atom. The maximum absolute atomic E-state index is 5.47. The van der Waals surface area contributed by atoms with Gasteiger partial charge < -0.3 is 20.1 Å². The van der Waals surface area contributed by atoms with Gasteiger partial charge in [-0.25, -0.2) is 0 Å².